The first-order valence-corrected chi connectivity index (χ1v) is 9.68. The van der Waals surface area contributed by atoms with Gasteiger partial charge in [0.05, 0.1) is 11.4 Å². The second-order valence-electron chi connectivity index (χ2n) is 6.19. The van der Waals surface area contributed by atoms with Gasteiger partial charge in [0, 0.05) is 11.3 Å². The van der Waals surface area contributed by atoms with Gasteiger partial charge in [-0.3, -0.25) is 9.89 Å². The van der Waals surface area contributed by atoms with Crippen molar-refractivity contribution in [1.29, 1.82) is 0 Å². The summed E-state index contributed by atoms with van der Waals surface area (Å²) >= 11 is 1.10. The summed E-state index contributed by atoms with van der Waals surface area (Å²) in [5.74, 6) is 5.42. The molecule has 0 spiro atoms. The van der Waals surface area contributed by atoms with E-state index in [1.54, 1.807) is 18.2 Å². The predicted molar refractivity (Wildman–Crippen MR) is 109 cm³/mol. The summed E-state index contributed by atoms with van der Waals surface area (Å²) in [7, 11) is 0. The number of nitrogens with one attached hydrogen (secondary N) is 2. The number of hydrogen-bond donors (Lipinski definition) is 3. The van der Waals surface area contributed by atoms with Gasteiger partial charge in [-0.1, -0.05) is 11.8 Å². The van der Waals surface area contributed by atoms with Gasteiger partial charge in [-0.05, 0) is 54.6 Å². The Morgan fingerprint density at radius 1 is 1.07 bits per heavy atom. The van der Waals surface area contributed by atoms with Crippen LogP contribution in [0.4, 0.5) is 14.5 Å². The third-order valence-corrected chi connectivity index (χ3v) is 5.03. The topological polar surface area (TPSA) is 115 Å². The highest BCUT2D eigenvalue weighted by molar-refractivity contribution is 7.99. The number of carbonyl (C=O) groups is 1. The number of thioether (sulfide) groups is 1. The highest BCUT2D eigenvalue weighted by Gasteiger charge is 2.16. The van der Waals surface area contributed by atoms with Crippen LogP contribution in [0.5, 0.6) is 0 Å². The van der Waals surface area contributed by atoms with Gasteiger partial charge >= 0.3 is 0 Å². The third kappa shape index (κ3) is 4.30. The SMILES string of the molecule is Nn1c(SCC(=O)Nc2ccc(F)cc2)nnc1-c1cc(-c2ccc(F)cc2)n[nH]1. The van der Waals surface area contributed by atoms with Gasteiger partial charge in [-0.25, -0.2) is 13.5 Å². The molecule has 0 aliphatic carbocycles. The maximum atomic E-state index is 13.1. The second-order valence-corrected chi connectivity index (χ2v) is 7.14. The number of nitrogens with zero attached hydrogens (tertiary/aromatic N) is 4. The first-order valence-electron chi connectivity index (χ1n) is 8.70. The van der Waals surface area contributed by atoms with Crippen molar-refractivity contribution in [2.24, 2.45) is 0 Å². The molecule has 0 aliphatic rings. The number of aromatic amines is 1. The normalized spacial score (nSPS) is 10.9. The third-order valence-electron chi connectivity index (χ3n) is 4.08. The first-order chi connectivity index (χ1) is 14.5. The summed E-state index contributed by atoms with van der Waals surface area (Å²) in [5, 5.41) is 18.0. The fraction of sp³-hybridized carbons (Fsp3) is 0.0526. The molecule has 0 bridgehead atoms. The summed E-state index contributed by atoms with van der Waals surface area (Å²) in [6.45, 7) is 0. The number of aromatic nitrogens is 5. The van der Waals surface area contributed by atoms with Crippen LogP contribution in [-0.4, -0.2) is 36.7 Å². The zero-order chi connectivity index (χ0) is 21.1. The van der Waals surface area contributed by atoms with E-state index in [-0.39, 0.29) is 23.3 Å². The average Bonchev–Trinajstić information content (AvgIpc) is 3.35. The maximum Gasteiger partial charge on any atom is 0.234 e. The van der Waals surface area contributed by atoms with Crippen molar-refractivity contribution in [2.45, 2.75) is 5.16 Å². The van der Waals surface area contributed by atoms with E-state index in [0.29, 0.717) is 28.1 Å². The van der Waals surface area contributed by atoms with Crippen molar-refractivity contribution in [3.05, 3.63) is 66.2 Å². The Morgan fingerprint density at radius 2 is 1.73 bits per heavy atom. The van der Waals surface area contributed by atoms with Crippen LogP contribution in [0.2, 0.25) is 0 Å². The number of nitrogens with two attached hydrogens (primary N) is 1. The number of H-pyrrole nitrogens is 1. The Morgan fingerprint density at radius 3 is 2.43 bits per heavy atom. The minimum atomic E-state index is -0.382. The van der Waals surface area contributed by atoms with Crippen LogP contribution >= 0.6 is 11.8 Å². The fourth-order valence-corrected chi connectivity index (χ4v) is 3.28. The first kappa shape index (κ1) is 19.6. The second kappa shape index (κ2) is 8.33. The van der Waals surface area contributed by atoms with Gasteiger partial charge in [0.25, 0.3) is 0 Å². The van der Waals surface area contributed by atoms with Gasteiger partial charge in [-0.15, -0.1) is 10.2 Å². The van der Waals surface area contributed by atoms with Gasteiger partial charge in [0.1, 0.15) is 17.3 Å². The number of carbonyl (C=O) groups excluding carboxylic acids is 1. The zero-order valence-electron chi connectivity index (χ0n) is 15.3. The summed E-state index contributed by atoms with van der Waals surface area (Å²) in [6, 6.07) is 13.1. The molecule has 4 rings (SSSR count). The van der Waals surface area contributed by atoms with E-state index in [1.807, 2.05) is 0 Å². The van der Waals surface area contributed by atoms with E-state index in [9.17, 15) is 13.6 Å². The summed E-state index contributed by atoms with van der Waals surface area (Å²) in [4.78, 5) is 12.1. The molecule has 0 unspecified atom stereocenters. The predicted octanol–water partition coefficient (Wildman–Crippen LogP) is 3.06. The van der Waals surface area contributed by atoms with Crippen LogP contribution in [0.1, 0.15) is 0 Å². The smallest absolute Gasteiger partial charge is 0.234 e. The molecular weight excluding hydrogens is 412 g/mol. The lowest BCUT2D eigenvalue weighted by atomic mass is 10.1. The number of anilines is 1. The quantitative estimate of drug-likeness (QED) is 0.322. The highest BCUT2D eigenvalue weighted by Crippen LogP contribution is 2.25. The fourth-order valence-electron chi connectivity index (χ4n) is 2.62. The molecule has 0 radical (unpaired) electrons. The molecule has 4 N–H and O–H groups in total. The zero-order valence-corrected chi connectivity index (χ0v) is 16.2. The summed E-state index contributed by atoms with van der Waals surface area (Å²) < 4.78 is 27.3. The van der Waals surface area contributed by atoms with Crippen molar-refractivity contribution < 1.29 is 13.6 Å². The van der Waals surface area contributed by atoms with Crippen molar-refractivity contribution in [3.63, 3.8) is 0 Å². The number of hydrogen-bond acceptors (Lipinski definition) is 6. The largest absolute Gasteiger partial charge is 0.335 e. The lowest BCUT2D eigenvalue weighted by molar-refractivity contribution is -0.113. The van der Waals surface area contributed by atoms with E-state index >= 15 is 0 Å². The number of amides is 1. The van der Waals surface area contributed by atoms with Crippen molar-refractivity contribution in [1.82, 2.24) is 25.1 Å². The van der Waals surface area contributed by atoms with E-state index < -0.39 is 0 Å². The molecule has 4 aromatic rings. The molecule has 0 aliphatic heterocycles. The van der Waals surface area contributed by atoms with Gasteiger partial charge in [0.2, 0.25) is 16.9 Å². The molecule has 0 fully saturated rings. The molecule has 2 heterocycles. The number of rotatable bonds is 6. The number of halogens is 2. The molecule has 11 heteroatoms. The maximum absolute atomic E-state index is 13.1. The molecule has 8 nitrogen and oxygen atoms in total. The molecular formula is C19H15F2N7OS. The Labute approximate surface area is 173 Å². The highest BCUT2D eigenvalue weighted by atomic mass is 32.2. The van der Waals surface area contributed by atoms with Gasteiger partial charge < -0.3 is 11.2 Å². The van der Waals surface area contributed by atoms with Crippen LogP contribution < -0.4 is 11.2 Å². The summed E-state index contributed by atoms with van der Waals surface area (Å²) in [6.07, 6.45) is 0. The van der Waals surface area contributed by atoms with Crippen LogP contribution in [0, 0.1) is 11.6 Å². The molecule has 30 heavy (non-hydrogen) atoms. The molecule has 152 valence electrons. The van der Waals surface area contributed by atoms with E-state index in [2.05, 4.69) is 25.7 Å². The van der Waals surface area contributed by atoms with Crippen molar-refractivity contribution >= 4 is 23.4 Å². The summed E-state index contributed by atoms with van der Waals surface area (Å²) in [5.41, 5.74) is 2.34. The molecule has 0 saturated heterocycles. The van der Waals surface area contributed by atoms with Crippen molar-refractivity contribution in [3.8, 4) is 22.8 Å². The van der Waals surface area contributed by atoms with Crippen LogP contribution in [0.15, 0.2) is 59.8 Å². The van der Waals surface area contributed by atoms with E-state index in [4.69, 9.17) is 5.84 Å². The van der Waals surface area contributed by atoms with E-state index in [1.165, 1.54) is 41.1 Å². The lowest BCUT2D eigenvalue weighted by Gasteiger charge is -2.05. The standard InChI is InChI=1S/C19H15F2N7OS/c20-12-3-1-11(2-4-12)15-9-16(25-24-15)18-26-27-19(28(18)22)30-10-17(29)23-14-7-5-13(21)6-8-14/h1-9H,10,22H2,(H,23,29)(H,24,25). The molecule has 0 saturated carbocycles. The average molecular weight is 427 g/mol. The van der Waals surface area contributed by atoms with Gasteiger partial charge in [-0.2, -0.15) is 5.10 Å². The lowest BCUT2D eigenvalue weighted by Crippen LogP contribution is -2.16. The Bertz CT molecular complexity index is 1170. The number of benzene rings is 2. The number of nitrogen functional groups attached to an aromatic ring is 1. The van der Waals surface area contributed by atoms with E-state index in [0.717, 1.165) is 17.3 Å². The van der Waals surface area contributed by atoms with Crippen LogP contribution in [0.25, 0.3) is 22.8 Å². The van der Waals surface area contributed by atoms with Gasteiger partial charge in [0.15, 0.2) is 0 Å². The Balaban J connectivity index is 1.42. The monoisotopic (exact) mass is 427 g/mol. The van der Waals surface area contributed by atoms with Crippen LogP contribution in [0.3, 0.4) is 0 Å². The van der Waals surface area contributed by atoms with Crippen molar-refractivity contribution in [2.75, 3.05) is 16.9 Å². The molecule has 1 amide bonds. The minimum Gasteiger partial charge on any atom is -0.335 e. The molecule has 0 atom stereocenters. The minimum absolute atomic E-state index is 0.0382. The molecule has 2 aromatic carbocycles. The van der Waals surface area contributed by atoms with Crippen LogP contribution in [-0.2, 0) is 4.79 Å². The Hall–Kier alpha value is -3.73. The molecule has 2 aromatic heterocycles. The Kier molecular flexibility index (Phi) is 5.44.